The van der Waals surface area contributed by atoms with Gasteiger partial charge in [0.15, 0.2) is 0 Å². The number of hydrogen-bond acceptors (Lipinski definition) is 0. The Morgan fingerprint density at radius 2 is 0.590 bits per heavy atom. The van der Waals surface area contributed by atoms with Crippen LogP contribution >= 0.6 is 0 Å². The van der Waals surface area contributed by atoms with Crippen LogP contribution in [0.3, 0.4) is 0 Å². The van der Waals surface area contributed by atoms with Crippen LogP contribution in [0.4, 0.5) is 0 Å². The van der Waals surface area contributed by atoms with E-state index in [1.54, 1.807) is 0 Å². The van der Waals surface area contributed by atoms with E-state index in [1.165, 1.54) is 66.8 Å². The van der Waals surface area contributed by atoms with Gasteiger partial charge in [-0.3, -0.25) is 0 Å². The molecule has 0 aromatic heterocycles. The predicted molar refractivity (Wildman–Crippen MR) is 170 cm³/mol. The van der Waals surface area contributed by atoms with Crippen molar-refractivity contribution < 1.29 is 0 Å². The standard InChI is InChI=1S/C39H48/c1-7-32-19-17-30(23-34(32)9-3)21-28-13-15-29(16-14-28)22-38-26-37(12-6)39(27-36(38)11-5)25-31-18-20-33(8-2)35(10-4)24-31/h13-20,23-24,26-27H,7-12,21-22,25H2,1-6H3. The van der Waals surface area contributed by atoms with Crippen molar-refractivity contribution in [1.82, 2.24) is 0 Å². The van der Waals surface area contributed by atoms with Crippen LogP contribution in [0.5, 0.6) is 0 Å². The molecule has 4 aromatic carbocycles. The highest BCUT2D eigenvalue weighted by molar-refractivity contribution is 5.45. The third-order valence-electron chi connectivity index (χ3n) is 8.57. The molecule has 0 radical (unpaired) electrons. The Kier molecular flexibility index (Phi) is 10.2. The van der Waals surface area contributed by atoms with Crippen LogP contribution in [0.15, 0.2) is 72.8 Å². The van der Waals surface area contributed by atoms with Crippen LogP contribution in [-0.4, -0.2) is 0 Å². The Balaban J connectivity index is 1.52. The van der Waals surface area contributed by atoms with Crippen molar-refractivity contribution in [1.29, 1.82) is 0 Å². The van der Waals surface area contributed by atoms with Crippen molar-refractivity contribution >= 4 is 0 Å². The second-order valence-electron chi connectivity index (χ2n) is 11.1. The summed E-state index contributed by atoms with van der Waals surface area (Å²) < 4.78 is 0. The number of rotatable bonds is 12. The fraction of sp³-hybridized carbons (Fsp3) is 0.385. The topological polar surface area (TPSA) is 0 Å². The van der Waals surface area contributed by atoms with Crippen molar-refractivity contribution in [2.24, 2.45) is 0 Å². The molecule has 204 valence electrons. The minimum atomic E-state index is 1.01. The molecule has 0 N–H and O–H groups in total. The molecule has 0 atom stereocenters. The van der Waals surface area contributed by atoms with Gasteiger partial charge in [0.05, 0.1) is 0 Å². The van der Waals surface area contributed by atoms with Crippen molar-refractivity contribution in [2.45, 2.75) is 99.3 Å². The van der Waals surface area contributed by atoms with Gasteiger partial charge in [0.1, 0.15) is 0 Å². The van der Waals surface area contributed by atoms with E-state index in [1.807, 2.05) is 0 Å². The summed E-state index contributed by atoms with van der Waals surface area (Å²) in [6.07, 6.45) is 9.65. The second-order valence-corrected chi connectivity index (χ2v) is 11.1. The highest BCUT2D eigenvalue weighted by atomic mass is 14.2. The maximum atomic E-state index is 2.51. The van der Waals surface area contributed by atoms with Crippen LogP contribution < -0.4 is 0 Å². The first-order chi connectivity index (χ1) is 19.0. The first-order valence-electron chi connectivity index (χ1n) is 15.4. The highest BCUT2D eigenvalue weighted by Crippen LogP contribution is 2.26. The maximum absolute atomic E-state index is 2.51. The van der Waals surface area contributed by atoms with Gasteiger partial charge < -0.3 is 0 Å². The van der Waals surface area contributed by atoms with Gasteiger partial charge in [0, 0.05) is 0 Å². The summed E-state index contributed by atoms with van der Waals surface area (Å²) in [5.74, 6) is 0. The Morgan fingerprint density at radius 1 is 0.282 bits per heavy atom. The average Bonchev–Trinajstić information content (AvgIpc) is 2.98. The largest absolute Gasteiger partial charge is 0.0613 e. The molecule has 39 heavy (non-hydrogen) atoms. The zero-order valence-electron chi connectivity index (χ0n) is 25.3. The second kappa shape index (κ2) is 13.8. The zero-order chi connectivity index (χ0) is 27.8. The van der Waals surface area contributed by atoms with Gasteiger partial charge in [0.2, 0.25) is 0 Å². The summed E-state index contributed by atoms with van der Waals surface area (Å²) in [6.45, 7) is 13.7. The van der Waals surface area contributed by atoms with E-state index < -0.39 is 0 Å². The van der Waals surface area contributed by atoms with Crippen LogP contribution in [0.25, 0.3) is 0 Å². The molecule has 0 fully saturated rings. The van der Waals surface area contributed by atoms with Gasteiger partial charge in [-0.2, -0.15) is 0 Å². The SMILES string of the molecule is CCc1ccc(Cc2ccc(Cc3cc(CC)c(Cc4ccc(CC)c(CC)c4)cc3CC)cc2)cc1CC. The Bertz CT molecular complexity index is 1370. The monoisotopic (exact) mass is 516 g/mol. The molecule has 0 heterocycles. The molecule has 0 saturated carbocycles. The smallest absolute Gasteiger partial charge is 0.00228 e. The van der Waals surface area contributed by atoms with Gasteiger partial charge in [-0.15, -0.1) is 0 Å². The van der Waals surface area contributed by atoms with Crippen LogP contribution in [0, 0.1) is 0 Å². The summed E-state index contributed by atoms with van der Waals surface area (Å²) in [4.78, 5) is 0. The van der Waals surface area contributed by atoms with Crippen LogP contribution in [-0.2, 0) is 57.8 Å². The molecule has 0 spiro atoms. The van der Waals surface area contributed by atoms with Crippen molar-refractivity contribution in [3.8, 4) is 0 Å². The lowest BCUT2D eigenvalue weighted by Crippen LogP contribution is -2.03. The first kappa shape index (κ1) is 28.9. The molecule has 4 aromatic rings. The molecule has 0 unspecified atom stereocenters. The lowest BCUT2D eigenvalue weighted by molar-refractivity contribution is 0.986. The molecular formula is C39H48. The summed E-state index contributed by atoms with van der Waals surface area (Å²) in [5, 5.41) is 0. The van der Waals surface area contributed by atoms with Gasteiger partial charge in [-0.05, 0) is 125 Å². The Morgan fingerprint density at radius 3 is 1.00 bits per heavy atom. The normalized spacial score (nSPS) is 11.2. The molecule has 0 aliphatic rings. The lowest BCUT2D eigenvalue weighted by atomic mass is 9.88. The zero-order valence-corrected chi connectivity index (χ0v) is 25.3. The van der Waals surface area contributed by atoms with Crippen molar-refractivity contribution in [3.05, 3.63) is 140 Å². The minimum Gasteiger partial charge on any atom is -0.0613 e. The number of aryl methyl sites for hydroxylation is 6. The predicted octanol–water partition coefficient (Wildman–Crippen LogP) is 9.83. The molecule has 0 heteroatoms. The van der Waals surface area contributed by atoms with E-state index in [2.05, 4.69) is 114 Å². The summed E-state index contributed by atoms with van der Waals surface area (Å²) in [6, 6.07) is 28.6. The van der Waals surface area contributed by atoms with Crippen molar-refractivity contribution in [3.63, 3.8) is 0 Å². The molecule has 0 saturated heterocycles. The lowest BCUT2D eigenvalue weighted by Gasteiger charge is -2.17. The Labute approximate surface area is 238 Å². The summed E-state index contributed by atoms with van der Waals surface area (Å²) in [7, 11) is 0. The van der Waals surface area contributed by atoms with Crippen molar-refractivity contribution in [2.75, 3.05) is 0 Å². The van der Waals surface area contributed by atoms with E-state index in [0.717, 1.165) is 57.8 Å². The average molecular weight is 517 g/mol. The van der Waals surface area contributed by atoms with E-state index in [0.29, 0.717) is 0 Å². The maximum Gasteiger partial charge on any atom is -0.00228 e. The van der Waals surface area contributed by atoms with Gasteiger partial charge in [-0.1, -0.05) is 114 Å². The fourth-order valence-corrected chi connectivity index (χ4v) is 6.16. The quantitative estimate of drug-likeness (QED) is 0.176. The number of hydrogen-bond donors (Lipinski definition) is 0. The molecule has 0 aliphatic heterocycles. The minimum absolute atomic E-state index is 1.01. The van der Waals surface area contributed by atoms with Gasteiger partial charge in [0.25, 0.3) is 0 Å². The van der Waals surface area contributed by atoms with E-state index >= 15 is 0 Å². The third kappa shape index (κ3) is 7.10. The third-order valence-corrected chi connectivity index (χ3v) is 8.57. The fourth-order valence-electron chi connectivity index (χ4n) is 6.16. The first-order valence-corrected chi connectivity index (χ1v) is 15.4. The summed E-state index contributed by atoms with van der Waals surface area (Å²) in [5.41, 5.74) is 17.6. The van der Waals surface area contributed by atoms with E-state index in [4.69, 9.17) is 0 Å². The van der Waals surface area contributed by atoms with Crippen LogP contribution in [0.2, 0.25) is 0 Å². The van der Waals surface area contributed by atoms with Crippen LogP contribution in [0.1, 0.15) is 108 Å². The number of benzene rings is 4. The molecule has 4 rings (SSSR count). The molecule has 0 nitrogen and oxygen atoms in total. The van der Waals surface area contributed by atoms with E-state index in [9.17, 15) is 0 Å². The molecule has 0 amide bonds. The highest BCUT2D eigenvalue weighted by Gasteiger charge is 2.11. The molecular weight excluding hydrogens is 468 g/mol. The van der Waals surface area contributed by atoms with Gasteiger partial charge >= 0.3 is 0 Å². The molecule has 0 bridgehead atoms. The molecule has 0 aliphatic carbocycles. The Hall–Kier alpha value is -3.12. The van der Waals surface area contributed by atoms with E-state index in [-0.39, 0.29) is 0 Å². The van der Waals surface area contributed by atoms with Gasteiger partial charge in [-0.25, -0.2) is 0 Å². The summed E-state index contributed by atoms with van der Waals surface area (Å²) >= 11 is 0.